The van der Waals surface area contributed by atoms with Crippen molar-refractivity contribution in [2.24, 2.45) is 14.1 Å². The zero-order chi connectivity index (χ0) is 21.1. The number of hydrogen-bond donors (Lipinski definition) is 0. The van der Waals surface area contributed by atoms with Crippen LogP contribution in [0.5, 0.6) is 0 Å². The van der Waals surface area contributed by atoms with E-state index in [1.807, 2.05) is 0 Å². The first-order chi connectivity index (χ1) is 15.2. The minimum atomic E-state index is 1.16. The van der Waals surface area contributed by atoms with Crippen LogP contribution in [0.2, 0.25) is 0 Å². The summed E-state index contributed by atoms with van der Waals surface area (Å²) in [5, 5.41) is 10.8. The Morgan fingerprint density at radius 2 is 1.13 bits per heavy atom. The summed E-state index contributed by atoms with van der Waals surface area (Å²) in [6.07, 6.45) is 7.14. The third kappa shape index (κ3) is 2.64. The normalized spacial score (nSPS) is 12.2. The average Bonchev–Trinajstić information content (AvgIpc) is 3.33. The summed E-state index contributed by atoms with van der Waals surface area (Å²) >= 11 is 0. The van der Waals surface area contributed by atoms with Gasteiger partial charge in [0.05, 0.1) is 0 Å². The summed E-state index contributed by atoms with van der Waals surface area (Å²) in [6.45, 7) is 2.27. The van der Waals surface area contributed by atoms with E-state index in [2.05, 4.69) is 97.0 Å². The van der Waals surface area contributed by atoms with Gasteiger partial charge in [0.1, 0.15) is 0 Å². The molecule has 0 radical (unpaired) electrons. The average molecular weight is 405 g/mol. The highest BCUT2D eigenvalue weighted by Crippen LogP contribution is 2.37. The lowest BCUT2D eigenvalue weighted by molar-refractivity contribution is 0.690. The number of unbranched alkanes of at least 4 members (excludes halogenated alkanes) is 2. The van der Waals surface area contributed by atoms with Gasteiger partial charge in [-0.25, -0.2) is 0 Å². The van der Waals surface area contributed by atoms with Gasteiger partial charge in [0.2, 0.25) is 0 Å². The first-order valence-electron chi connectivity index (χ1n) is 11.5. The van der Waals surface area contributed by atoms with E-state index in [0.717, 1.165) is 6.42 Å². The fourth-order valence-corrected chi connectivity index (χ4v) is 5.47. The molecule has 0 fully saturated rings. The van der Waals surface area contributed by atoms with Crippen LogP contribution in [0.25, 0.3) is 54.1 Å². The van der Waals surface area contributed by atoms with Gasteiger partial charge in [0.15, 0.2) is 0 Å². The van der Waals surface area contributed by atoms with Crippen LogP contribution in [0, 0.1) is 0 Å². The second-order valence-electron chi connectivity index (χ2n) is 8.99. The van der Waals surface area contributed by atoms with Crippen molar-refractivity contribution < 1.29 is 0 Å². The predicted octanol–water partition coefficient (Wildman–Crippen LogP) is 7.86. The Kier molecular flexibility index (Phi) is 4.11. The smallest absolute Gasteiger partial charge is 0.0486 e. The van der Waals surface area contributed by atoms with Gasteiger partial charge in [0.25, 0.3) is 0 Å². The van der Waals surface area contributed by atoms with Crippen LogP contribution >= 0.6 is 0 Å². The van der Waals surface area contributed by atoms with Gasteiger partial charge in [-0.2, -0.15) is 0 Å². The molecule has 0 N–H and O–H groups in total. The molecule has 2 heterocycles. The molecule has 6 aromatic rings. The molecule has 2 nitrogen and oxygen atoms in total. The first kappa shape index (κ1) is 18.5. The summed E-state index contributed by atoms with van der Waals surface area (Å²) in [5.74, 6) is 0. The van der Waals surface area contributed by atoms with Crippen molar-refractivity contribution >= 4 is 54.1 Å². The third-order valence-corrected chi connectivity index (χ3v) is 7.22. The van der Waals surface area contributed by atoms with Crippen LogP contribution in [0.1, 0.15) is 31.9 Å². The summed E-state index contributed by atoms with van der Waals surface area (Å²) in [6, 6.07) is 23.1. The van der Waals surface area contributed by atoms with Crippen LogP contribution in [-0.4, -0.2) is 9.13 Å². The Labute approximate surface area is 182 Å². The number of rotatable bonds is 4. The summed E-state index contributed by atoms with van der Waals surface area (Å²) in [5.41, 5.74) is 4.07. The highest BCUT2D eigenvalue weighted by molar-refractivity contribution is 6.24. The molecular formula is C29H28N2. The third-order valence-electron chi connectivity index (χ3n) is 7.22. The molecule has 0 unspecified atom stereocenters. The monoisotopic (exact) mass is 404 g/mol. The maximum atomic E-state index is 2.42. The highest BCUT2D eigenvalue weighted by atomic mass is 14.9. The van der Waals surface area contributed by atoms with E-state index in [4.69, 9.17) is 0 Å². The van der Waals surface area contributed by atoms with Crippen molar-refractivity contribution in [2.75, 3.05) is 0 Å². The van der Waals surface area contributed by atoms with Crippen LogP contribution in [-0.2, 0) is 20.5 Å². The molecule has 0 saturated heterocycles. The molecule has 2 heteroatoms. The van der Waals surface area contributed by atoms with Gasteiger partial charge < -0.3 is 9.13 Å². The molecule has 0 aliphatic carbocycles. The summed E-state index contributed by atoms with van der Waals surface area (Å²) < 4.78 is 4.59. The Morgan fingerprint density at radius 3 is 1.77 bits per heavy atom. The van der Waals surface area contributed by atoms with Gasteiger partial charge in [0, 0.05) is 47.8 Å². The molecule has 4 aromatic carbocycles. The standard InChI is InChI=1S/C29H28N2/c1-4-5-6-7-19-18-27-25-11-9-20-21(23(25)13-15-29(27)31(19)3)8-10-24-22(20)12-14-28-26(24)16-17-30(28)2/h8-18H,4-7H2,1-3H3. The number of fused-ring (bicyclic) bond motifs is 9. The van der Waals surface area contributed by atoms with Crippen LogP contribution in [0.15, 0.2) is 66.9 Å². The van der Waals surface area contributed by atoms with Crippen LogP contribution < -0.4 is 0 Å². The van der Waals surface area contributed by atoms with Crippen molar-refractivity contribution in [1.82, 2.24) is 9.13 Å². The molecule has 0 bridgehead atoms. The molecule has 0 saturated carbocycles. The van der Waals surface area contributed by atoms with Crippen molar-refractivity contribution in [2.45, 2.75) is 32.6 Å². The molecular weight excluding hydrogens is 376 g/mol. The second kappa shape index (κ2) is 6.88. The molecule has 31 heavy (non-hydrogen) atoms. The van der Waals surface area contributed by atoms with Crippen LogP contribution in [0.3, 0.4) is 0 Å². The zero-order valence-electron chi connectivity index (χ0n) is 18.6. The van der Waals surface area contributed by atoms with E-state index in [0.29, 0.717) is 0 Å². The topological polar surface area (TPSA) is 9.86 Å². The number of aromatic nitrogens is 2. The van der Waals surface area contributed by atoms with E-state index < -0.39 is 0 Å². The van der Waals surface area contributed by atoms with E-state index in [1.165, 1.54) is 79.1 Å². The Bertz CT molecular complexity index is 1610. The molecule has 0 spiro atoms. The molecule has 0 aliphatic heterocycles. The fraction of sp³-hybridized carbons (Fsp3) is 0.241. The number of benzene rings is 4. The van der Waals surface area contributed by atoms with Crippen molar-refractivity contribution in [3.8, 4) is 0 Å². The van der Waals surface area contributed by atoms with E-state index in [-0.39, 0.29) is 0 Å². The Morgan fingerprint density at radius 1 is 0.581 bits per heavy atom. The molecule has 2 aromatic heterocycles. The lowest BCUT2D eigenvalue weighted by atomic mass is 9.94. The number of nitrogens with zero attached hydrogens (tertiary/aromatic N) is 2. The molecule has 0 atom stereocenters. The SMILES string of the molecule is CCCCCc1cc2c3ccc4c(ccc5c4ccc4c5ccn4C)c3ccc2n1C. The summed E-state index contributed by atoms with van der Waals surface area (Å²) in [4.78, 5) is 0. The number of hydrogen-bond acceptors (Lipinski definition) is 0. The molecule has 0 amide bonds. The van der Waals surface area contributed by atoms with E-state index in [1.54, 1.807) is 0 Å². The first-order valence-corrected chi connectivity index (χ1v) is 11.5. The summed E-state index contributed by atoms with van der Waals surface area (Å²) in [7, 11) is 4.33. The quantitative estimate of drug-likeness (QED) is 0.209. The van der Waals surface area contributed by atoms with Gasteiger partial charge in [-0.3, -0.25) is 0 Å². The second-order valence-corrected chi connectivity index (χ2v) is 8.99. The van der Waals surface area contributed by atoms with Gasteiger partial charge in [-0.05, 0) is 69.4 Å². The van der Waals surface area contributed by atoms with Crippen molar-refractivity contribution in [3.05, 3.63) is 72.6 Å². The van der Waals surface area contributed by atoms with E-state index in [9.17, 15) is 0 Å². The largest absolute Gasteiger partial charge is 0.351 e. The van der Waals surface area contributed by atoms with Gasteiger partial charge >= 0.3 is 0 Å². The molecule has 6 rings (SSSR count). The van der Waals surface area contributed by atoms with Gasteiger partial charge in [-0.15, -0.1) is 0 Å². The molecule has 0 aliphatic rings. The van der Waals surface area contributed by atoms with Crippen molar-refractivity contribution in [3.63, 3.8) is 0 Å². The van der Waals surface area contributed by atoms with Gasteiger partial charge in [-0.1, -0.05) is 56.2 Å². The minimum Gasteiger partial charge on any atom is -0.351 e. The lowest BCUT2D eigenvalue weighted by Crippen LogP contribution is -1.95. The highest BCUT2D eigenvalue weighted by Gasteiger charge is 2.12. The van der Waals surface area contributed by atoms with Crippen LogP contribution in [0.4, 0.5) is 0 Å². The zero-order valence-corrected chi connectivity index (χ0v) is 18.6. The minimum absolute atomic E-state index is 1.16. The Hall–Kier alpha value is -3.26. The van der Waals surface area contributed by atoms with Crippen molar-refractivity contribution in [1.29, 1.82) is 0 Å². The van der Waals surface area contributed by atoms with E-state index >= 15 is 0 Å². The fourth-order valence-electron chi connectivity index (χ4n) is 5.47. The maximum absolute atomic E-state index is 2.42. The number of aryl methyl sites for hydroxylation is 3. The predicted molar refractivity (Wildman–Crippen MR) is 135 cm³/mol. The lowest BCUT2D eigenvalue weighted by Gasteiger charge is -2.10. The molecule has 154 valence electrons. The Balaban J connectivity index is 1.61. The maximum Gasteiger partial charge on any atom is 0.0486 e.